The van der Waals surface area contributed by atoms with Crippen LogP contribution in [0.15, 0.2) is 63.8 Å². The van der Waals surface area contributed by atoms with E-state index in [2.05, 4.69) is 0 Å². The highest BCUT2D eigenvalue weighted by molar-refractivity contribution is 5.94. The van der Waals surface area contributed by atoms with Crippen LogP contribution in [0.5, 0.6) is 5.75 Å². The van der Waals surface area contributed by atoms with Crippen molar-refractivity contribution in [1.82, 2.24) is 5.32 Å². The first-order chi connectivity index (χ1) is 14.7. The van der Waals surface area contributed by atoms with Crippen LogP contribution in [0.4, 0.5) is 0 Å². The quantitative estimate of drug-likeness (QED) is 0.481. The third-order valence-electron chi connectivity index (χ3n) is 4.45. The molecule has 2 aromatic carbocycles. The lowest BCUT2D eigenvalue weighted by Crippen LogP contribution is -2.53. The van der Waals surface area contributed by atoms with Gasteiger partial charge < -0.3 is 34.3 Å². The maximum absolute atomic E-state index is 12.2. The van der Waals surface area contributed by atoms with Gasteiger partial charge in [-0.25, -0.2) is 4.79 Å². The maximum atomic E-state index is 12.2. The SMILES string of the molecule is C[C@H](Oc1ccc2c(-c3ccccc3)cc(=O)oc2c1)C(=O)N[C@@H](CC(=O)[O-])C(=O)[O-]. The molecule has 0 aliphatic rings. The van der Waals surface area contributed by atoms with Crippen LogP contribution >= 0.6 is 0 Å². The molecule has 0 fully saturated rings. The lowest BCUT2D eigenvalue weighted by atomic mass is 10.0. The molecule has 9 nitrogen and oxygen atoms in total. The minimum atomic E-state index is -1.76. The Kier molecular flexibility index (Phi) is 6.35. The molecule has 0 unspecified atom stereocenters. The predicted octanol–water partition coefficient (Wildman–Crippen LogP) is -0.398. The molecule has 3 rings (SSSR count). The molecule has 1 N–H and O–H groups in total. The van der Waals surface area contributed by atoms with Crippen LogP contribution in [-0.2, 0) is 14.4 Å². The van der Waals surface area contributed by atoms with E-state index >= 15 is 0 Å². The van der Waals surface area contributed by atoms with Crippen LogP contribution in [0.3, 0.4) is 0 Å². The smallest absolute Gasteiger partial charge is 0.336 e. The summed E-state index contributed by atoms with van der Waals surface area (Å²) in [7, 11) is 0. The Morgan fingerprint density at radius 1 is 1.06 bits per heavy atom. The fourth-order valence-electron chi connectivity index (χ4n) is 2.98. The van der Waals surface area contributed by atoms with Gasteiger partial charge in [0.05, 0.1) is 12.0 Å². The molecular formula is C22H17NO8-2. The Hall–Kier alpha value is -4.14. The predicted molar refractivity (Wildman–Crippen MR) is 105 cm³/mol. The lowest BCUT2D eigenvalue weighted by Gasteiger charge is -2.22. The minimum Gasteiger partial charge on any atom is -0.550 e. The summed E-state index contributed by atoms with van der Waals surface area (Å²) in [5.74, 6) is -4.09. The van der Waals surface area contributed by atoms with Gasteiger partial charge in [-0.3, -0.25) is 4.79 Å². The summed E-state index contributed by atoms with van der Waals surface area (Å²) < 4.78 is 10.8. The topological polar surface area (TPSA) is 149 Å². The number of hydrogen-bond donors (Lipinski definition) is 1. The van der Waals surface area contributed by atoms with Crippen molar-refractivity contribution in [2.75, 3.05) is 0 Å². The van der Waals surface area contributed by atoms with Crippen molar-refractivity contribution in [3.63, 3.8) is 0 Å². The second-order valence-corrected chi connectivity index (χ2v) is 6.72. The highest BCUT2D eigenvalue weighted by Crippen LogP contribution is 2.29. The molecule has 0 aliphatic carbocycles. The number of ether oxygens (including phenoxy) is 1. The first-order valence-electron chi connectivity index (χ1n) is 9.25. The first-order valence-corrected chi connectivity index (χ1v) is 9.25. The largest absolute Gasteiger partial charge is 0.550 e. The minimum absolute atomic E-state index is 0.188. The normalized spacial score (nSPS) is 12.7. The molecule has 1 amide bonds. The second-order valence-electron chi connectivity index (χ2n) is 6.72. The van der Waals surface area contributed by atoms with Crippen molar-refractivity contribution in [1.29, 1.82) is 0 Å². The van der Waals surface area contributed by atoms with Crippen LogP contribution in [0.1, 0.15) is 13.3 Å². The van der Waals surface area contributed by atoms with Gasteiger partial charge in [0.15, 0.2) is 6.10 Å². The number of aliphatic carboxylic acids is 2. The average molecular weight is 423 g/mol. The summed E-state index contributed by atoms with van der Waals surface area (Å²) >= 11 is 0. The lowest BCUT2D eigenvalue weighted by molar-refractivity contribution is -0.317. The highest BCUT2D eigenvalue weighted by atomic mass is 16.5. The number of carboxylic acids is 2. The van der Waals surface area contributed by atoms with Crippen LogP contribution < -0.4 is 25.9 Å². The summed E-state index contributed by atoms with van der Waals surface area (Å²) in [6.45, 7) is 1.35. The van der Waals surface area contributed by atoms with Gasteiger partial charge in [0, 0.05) is 29.9 Å². The van der Waals surface area contributed by atoms with E-state index in [1.165, 1.54) is 19.1 Å². The van der Waals surface area contributed by atoms with Gasteiger partial charge in [-0.2, -0.15) is 0 Å². The molecular weight excluding hydrogens is 406 g/mol. The van der Waals surface area contributed by atoms with Crippen LogP contribution in [0.25, 0.3) is 22.1 Å². The van der Waals surface area contributed by atoms with Gasteiger partial charge in [0.2, 0.25) is 0 Å². The number of nitrogens with one attached hydrogen (secondary N) is 1. The van der Waals surface area contributed by atoms with Crippen LogP contribution in [0.2, 0.25) is 0 Å². The van der Waals surface area contributed by atoms with E-state index < -0.39 is 42.0 Å². The summed E-state index contributed by atoms with van der Waals surface area (Å²) in [5, 5.41) is 24.3. The van der Waals surface area contributed by atoms with Crippen molar-refractivity contribution < 1.29 is 33.8 Å². The van der Waals surface area contributed by atoms with E-state index in [0.29, 0.717) is 10.9 Å². The average Bonchev–Trinajstić information content (AvgIpc) is 2.72. The third kappa shape index (κ3) is 5.27. The number of rotatable bonds is 8. The summed E-state index contributed by atoms with van der Waals surface area (Å²) in [6, 6.07) is 13.5. The van der Waals surface area contributed by atoms with E-state index in [4.69, 9.17) is 9.15 Å². The fraction of sp³-hybridized carbons (Fsp3) is 0.182. The number of hydrogen-bond acceptors (Lipinski definition) is 8. The fourth-order valence-corrected chi connectivity index (χ4v) is 2.98. The zero-order valence-corrected chi connectivity index (χ0v) is 16.3. The monoisotopic (exact) mass is 423 g/mol. The summed E-state index contributed by atoms with van der Waals surface area (Å²) in [6.07, 6.45) is -2.12. The van der Waals surface area contributed by atoms with Crippen molar-refractivity contribution in [3.8, 4) is 16.9 Å². The molecule has 0 bridgehead atoms. The zero-order valence-electron chi connectivity index (χ0n) is 16.3. The Bertz CT molecular complexity index is 1190. The molecule has 3 aromatic rings. The Balaban J connectivity index is 1.82. The van der Waals surface area contributed by atoms with E-state index in [1.807, 2.05) is 35.6 Å². The molecule has 1 aromatic heterocycles. The van der Waals surface area contributed by atoms with E-state index in [0.717, 1.165) is 5.56 Å². The number of carboxylic acid groups (broad SMARTS) is 2. The molecule has 0 saturated carbocycles. The first kappa shape index (κ1) is 21.6. The number of carbonyl (C=O) groups excluding carboxylic acids is 3. The van der Waals surface area contributed by atoms with Gasteiger partial charge >= 0.3 is 5.63 Å². The van der Waals surface area contributed by atoms with Gasteiger partial charge in [0.1, 0.15) is 11.3 Å². The molecule has 0 spiro atoms. The Labute approximate surface area is 175 Å². The molecule has 0 aliphatic heterocycles. The summed E-state index contributed by atoms with van der Waals surface area (Å²) in [4.78, 5) is 45.8. The third-order valence-corrected chi connectivity index (χ3v) is 4.45. The zero-order chi connectivity index (χ0) is 22.5. The number of carbonyl (C=O) groups is 3. The van der Waals surface area contributed by atoms with Gasteiger partial charge in [-0.1, -0.05) is 30.3 Å². The number of amides is 1. The second kappa shape index (κ2) is 9.12. The number of fused-ring (bicyclic) bond motifs is 1. The molecule has 1 heterocycles. The molecule has 2 atom stereocenters. The molecule has 9 heteroatoms. The van der Waals surface area contributed by atoms with E-state index in [1.54, 1.807) is 12.1 Å². The standard InChI is InChI=1S/C22H19NO8/c1-12(21(27)23-17(22(28)29)11-19(24)25)30-14-7-8-15-16(13-5-3-2-4-6-13)10-20(26)31-18(15)9-14/h2-10,12,17H,11H2,1H3,(H,23,27)(H,24,25)(H,28,29)/p-2/t12-,17-/m0/s1. The number of benzene rings is 2. The Morgan fingerprint density at radius 2 is 1.77 bits per heavy atom. The van der Waals surface area contributed by atoms with Crippen LogP contribution in [0, 0.1) is 0 Å². The van der Waals surface area contributed by atoms with Gasteiger partial charge in [0.25, 0.3) is 5.91 Å². The van der Waals surface area contributed by atoms with E-state index in [9.17, 15) is 29.4 Å². The molecule has 0 radical (unpaired) electrons. The molecule has 160 valence electrons. The van der Waals surface area contributed by atoms with Crippen molar-refractivity contribution in [2.24, 2.45) is 0 Å². The van der Waals surface area contributed by atoms with E-state index in [-0.39, 0.29) is 11.3 Å². The van der Waals surface area contributed by atoms with Crippen molar-refractivity contribution >= 4 is 28.8 Å². The van der Waals surface area contributed by atoms with Gasteiger partial charge in [-0.15, -0.1) is 0 Å². The summed E-state index contributed by atoms with van der Waals surface area (Å²) in [5.41, 5.74) is 1.17. The van der Waals surface area contributed by atoms with Crippen molar-refractivity contribution in [2.45, 2.75) is 25.5 Å². The molecule has 0 saturated heterocycles. The molecule has 31 heavy (non-hydrogen) atoms. The van der Waals surface area contributed by atoms with Crippen LogP contribution in [-0.4, -0.2) is 30.0 Å². The Morgan fingerprint density at radius 3 is 2.42 bits per heavy atom. The maximum Gasteiger partial charge on any atom is 0.336 e. The highest BCUT2D eigenvalue weighted by Gasteiger charge is 2.20. The van der Waals surface area contributed by atoms with Gasteiger partial charge in [-0.05, 0) is 30.2 Å². The van der Waals surface area contributed by atoms with Crippen molar-refractivity contribution in [3.05, 3.63) is 65.0 Å².